The summed E-state index contributed by atoms with van der Waals surface area (Å²) in [6.07, 6.45) is 2.50. The molecule has 1 aliphatic rings. The minimum absolute atomic E-state index is 0.413. The first-order chi connectivity index (χ1) is 9.49. The lowest BCUT2D eigenvalue weighted by Crippen LogP contribution is -2.47. The Morgan fingerprint density at radius 1 is 1.40 bits per heavy atom. The SMILES string of the molecule is CCn1nc(C)c(C(C)N2CCC(C)CC2CN)c1C. The van der Waals surface area contributed by atoms with Crippen LogP contribution in [0.3, 0.4) is 0 Å². The van der Waals surface area contributed by atoms with Crippen LogP contribution < -0.4 is 5.73 Å². The van der Waals surface area contributed by atoms with E-state index in [1.54, 1.807) is 0 Å². The Morgan fingerprint density at radius 3 is 2.65 bits per heavy atom. The van der Waals surface area contributed by atoms with E-state index >= 15 is 0 Å². The molecule has 2 N–H and O–H groups in total. The van der Waals surface area contributed by atoms with Crippen LogP contribution >= 0.6 is 0 Å². The van der Waals surface area contributed by atoms with E-state index in [1.807, 2.05) is 0 Å². The predicted octanol–water partition coefficient (Wildman–Crippen LogP) is 2.64. The first-order valence-corrected chi connectivity index (χ1v) is 7.99. The van der Waals surface area contributed by atoms with Crippen LogP contribution in [0.15, 0.2) is 0 Å². The van der Waals surface area contributed by atoms with Gasteiger partial charge in [0.05, 0.1) is 5.69 Å². The van der Waals surface area contributed by atoms with Crippen LogP contribution in [0.2, 0.25) is 0 Å². The molecule has 2 rings (SSSR count). The van der Waals surface area contributed by atoms with Gasteiger partial charge in [-0.25, -0.2) is 0 Å². The highest BCUT2D eigenvalue weighted by atomic mass is 15.3. The van der Waals surface area contributed by atoms with Crippen molar-refractivity contribution in [3.05, 3.63) is 17.0 Å². The fourth-order valence-electron chi connectivity index (χ4n) is 3.80. The zero-order valence-electron chi connectivity index (χ0n) is 13.7. The van der Waals surface area contributed by atoms with Gasteiger partial charge in [-0.2, -0.15) is 5.10 Å². The van der Waals surface area contributed by atoms with Crippen LogP contribution in [0, 0.1) is 19.8 Å². The van der Waals surface area contributed by atoms with Gasteiger partial charge in [0, 0.05) is 36.4 Å². The highest BCUT2D eigenvalue weighted by Crippen LogP contribution is 2.33. The van der Waals surface area contributed by atoms with Crippen LogP contribution in [0.25, 0.3) is 0 Å². The molecule has 3 atom stereocenters. The Balaban J connectivity index is 2.26. The molecule has 4 nitrogen and oxygen atoms in total. The van der Waals surface area contributed by atoms with E-state index in [1.165, 1.54) is 29.8 Å². The second-order valence-corrected chi connectivity index (χ2v) is 6.33. The Morgan fingerprint density at radius 2 is 2.10 bits per heavy atom. The molecule has 1 fully saturated rings. The van der Waals surface area contributed by atoms with Gasteiger partial charge in [0.1, 0.15) is 0 Å². The normalized spacial score (nSPS) is 25.9. The summed E-state index contributed by atoms with van der Waals surface area (Å²) in [5, 5.41) is 4.67. The average molecular weight is 278 g/mol. The molecular weight excluding hydrogens is 248 g/mol. The Bertz CT molecular complexity index is 452. The maximum atomic E-state index is 6.02. The lowest BCUT2D eigenvalue weighted by Gasteiger charge is -2.42. The van der Waals surface area contributed by atoms with Gasteiger partial charge < -0.3 is 5.73 Å². The molecule has 1 aromatic rings. The Hall–Kier alpha value is -0.870. The molecule has 1 aliphatic heterocycles. The fraction of sp³-hybridized carbons (Fsp3) is 0.812. The Labute approximate surface area is 123 Å². The molecule has 4 heteroatoms. The number of aryl methyl sites for hydroxylation is 2. The summed E-state index contributed by atoms with van der Waals surface area (Å²) in [6.45, 7) is 14.0. The highest BCUT2D eigenvalue weighted by Gasteiger charge is 2.31. The number of aromatic nitrogens is 2. The third-order valence-electron chi connectivity index (χ3n) is 4.95. The van der Waals surface area contributed by atoms with Crippen LogP contribution in [-0.2, 0) is 6.54 Å². The third kappa shape index (κ3) is 2.77. The molecule has 0 radical (unpaired) electrons. The van der Waals surface area contributed by atoms with E-state index in [9.17, 15) is 0 Å². The number of nitrogens with two attached hydrogens (primary N) is 1. The topological polar surface area (TPSA) is 47.1 Å². The molecule has 0 aromatic carbocycles. The standard InChI is InChI=1S/C16H30N4/c1-6-20-14(5)16(12(3)18-20)13(4)19-8-7-11(2)9-15(19)10-17/h11,13,15H,6-10,17H2,1-5H3. The molecule has 20 heavy (non-hydrogen) atoms. The van der Waals surface area contributed by atoms with Crippen molar-refractivity contribution in [1.29, 1.82) is 0 Å². The first-order valence-electron chi connectivity index (χ1n) is 7.99. The number of piperidine rings is 1. The molecule has 0 bridgehead atoms. The summed E-state index contributed by atoms with van der Waals surface area (Å²) in [6, 6.07) is 0.925. The molecule has 114 valence electrons. The van der Waals surface area contributed by atoms with E-state index in [-0.39, 0.29) is 0 Å². The Kier molecular flexibility index (Phi) is 4.86. The molecule has 0 amide bonds. The molecular formula is C16H30N4. The molecule has 2 heterocycles. The van der Waals surface area contributed by atoms with E-state index in [0.29, 0.717) is 12.1 Å². The minimum Gasteiger partial charge on any atom is -0.329 e. The summed E-state index contributed by atoms with van der Waals surface area (Å²) >= 11 is 0. The average Bonchev–Trinajstić information content (AvgIpc) is 2.72. The number of likely N-dealkylation sites (tertiary alicyclic amines) is 1. The van der Waals surface area contributed by atoms with Gasteiger partial charge in [0.15, 0.2) is 0 Å². The van der Waals surface area contributed by atoms with E-state index in [0.717, 1.165) is 25.6 Å². The lowest BCUT2D eigenvalue weighted by molar-refractivity contribution is 0.0828. The summed E-state index contributed by atoms with van der Waals surface area (Å²) < 4.78 is 2.12. The van der Waals surface area contributed by atoms with Crippen molar-refractivity contribution in [3.8, 4) is 0 Å². The van der Waals surface area contributed by atoms with Crippen molar-refractivity contribution in [2.75, 3.05) is 13.1 Å². The third-order valence-corrected chi connectivity index (χ3v) is 4.95. The largest absolute Gasteiger partial charge is 0.329 e. The van der Waals surface area contributed by atoms with Crippen molar-refractivity contribution in [3.63, 3.8) is 0 Å². The lowest BCUT2D eigenvalue weighted by atomic mass is 9.90. The molecule has 3 unspecified atom stereocenters. The van der Waals surface area contributed by atoms with E-state index in [4.69, 9.17) is 5.73 Å². The van der Waals surface area contributed by atoms with Crippen molar-refractivity contribution < 1.29 is 0 Å². The zero-order valence-corrected chi connectivity index (χ0v) is 13.7. The van der Waals surface area contributed by atoms with Crippen molar-refractivity contribution >= 4 is 0 Å². The monoisotopic (exact) mass is 278 g/mol. The van der Waals surface area contributed by atoms with Crippen LogP contribution in [0.1, 0.15) is 56.6 Å². The van der Waals surface area contributed by atoms with Crippen molar-refractivity contribution in [2.24, 2.45) is 11.7 Å². The quantitative estimate of drug-likeness (QED) is 0.921. The number of hydrogen-bond donors (Lipinski definition) is 1. The number of hydrogen-bond acceptors (Lipinski definition) is 3. The molecule has 0 saturated carbocycles. The van der Waals surface area contributed by atoms with Gasteiger partial charge in [-0.1, -0.05) is 6.92 Å². The molecule has 0 spiro atoms. The van der Waals surface area contributed by atoms with E-state index in [2.05, 4.69) is 49.3 Å². The second kappa shape index (κ2) is 6.27. The molecule has 1 saturated heterocycles. The maximum absolute atomic E-state index is 6.02. The molecule has 0 aliphatic carbocycles. The van der Waals surface area contributed by atoms with Gasteiger partial charge in [-0.3, -0.25) is 9.58 Å². The van der Waals surface area contributed by atoms with Gasteiger partial charge in [-0.15, -0.1) is 0 Å². The highest BCUT2D eigenvalue weighted by molar-refractivity contribution is 5.28. The predicted molar refractivity (Wildman–Crippen MR) is 83.7 cm³/mol. The summed E-state index contributed by atoms with van der Waals surface area (Å²) in [4.78, 5) is 2.59. The van der Waals surface area contributed by atoms with Gasteiger partial charge in [-0.05, 0) is 53.0 Å². The number of rotatable bonds is 4. The smallest absolute Gasteiger partial charge is 0.0644 e. The number of nitrogens with zero attached hydrogens (tertiary/aromatic N) is 3. The summed E-state index contributed by atoms with van der Waals surface area (Å²) in [5.41, 5.74) is 9.90. The summed E-state index contributed by atoms with van der Waals surface area (Å²) in [5.74, 6) is 0.799. The summed E-state index contributed by atoms with van der Waals surface area (Å²) in [7, 11) is 0. The van der Waals surface area contributed by atoms with Gasteiger partial charge in [0.2, 0.25) is 0 Å². The van der Waals surface area contributed by atoms with Gasteiger partial charge in [0.25, 0.3) is 0 Å². The van der Waals surface area contributed by atoms with Crippen LogP contribution in [0.5, 0.6) is 0 Å². The maximum Gasteiger partial charge on any atom is 0.0644 e. The second-order valence-electron chi connectivity index (χ2n) is 6.33. The fourth-order valence-corrected chi connectivity index (χ4v) is 3.80. The van der Waals surface area contributed by atoms with Crippen LogP contribution in [-0.4, -0.2) is 33.8 Å². The zero-order chi connectivity index (χ0) is 14.9. The van der Waals surface area contributed by atoms with Crippen LogP contribution in [0.4, 0.5) is 0 Å². The first kappa shape index (κ1) is 15.5. The van der Waals surface area contributed by atoms with E-state index < -0.39 is 0 Å². The molecule has 1 aromatic heterocycles. The van der Waals surface area contributed by atoms with Gasteiger partial charge >= 0.3 is 0 Å². The van der Waals surface area contributed by atoms with Crippen molar-refractivity contribution in [2.45, 2.75) is 66.1 Å². The van der Waals surface area contributed by atoms with Crippen molar-refractivity contribution in [1.82, 2.24) is 14.7 Å². The minimum atomic E-state index is 0.413.